The van der Waals surface area contributed by atoms with Gasteiger partial charge in [-0.05, 0) is 70.2 Å². The van der Waals surface area contributed by atoms with Gasteiger partial charge in [-0.15, -0.1) is 0 Å². The fourth-order valence-corrected chi connectivity index (χ4v) is 4.31. The van der Waals surface area contributed by atoms with E-state index >= 15 is 0 Å². The molecule has 0 spiro atoms. The van der Waals surface area contributed by atoms with Crippen LogP contribution in [0.4, 0.5) is 0 Å². The summed E-state index contributed by atoms with van der Waals surface area (Å²) < 4.78 is 0. The van der Waals surface area contributed by atoms with Gasteiger partial charge in [0.25, 0.3) is 0 Å². The Morgan fingerprint density at radius 2 is 1.77 bits per heavy atom. The van der Waals surface area contributed by atoms with Gasteiger partial charge in [0.1, 0.15) is 0 Å². The van der Waals surface area contributed by atoms with Gasteiger partial charge in [-0.3, -0.25) is 4.79 Å². The highest BCUT2D eigenvalue weighted by Crippen LogP contribution is 2.41. The van der Waals surface area contributed by atoms with Crippen LogP contribution in [0.25, 0.3) is 21.9 Å². The number of carbonyl (C=O) groups is 1. The largest absolute Gasteiger partial charge is 0.481 e. The molecule has 0 heterocycles. The molecule has 0 bridgehead atoms. The molecule has 2 nitrogen and oxygen atoms in total. The molecule has 3 aromatic carbocycles. The number of carboxylic acids is 1. The standard InChI is InChI=1S/C28H34O2/c1-6-7-10-21-17-22(14-13-19(21)2)26-23-12-9-8-11-20(23)15-16-24(26)25(27(29)30)18-28(3,4)5/h8-9,11-17,25H,6-7,10,18H2,1-5H3,(H,29,30). The average molecular weight is 403 g/mol. The Morgan fingerprint density at radius 3 is 2.43 bits per heavy atom. The first kappa shape index (κ1) is 22.1. The SMILES string of the molecule is CCCCc1cc(-c2c(C(CC(C)(C)C)C(=O)O)ccc3ccccc23)ccc1C. The summed E-state index contributed by atoms with van der Waals surface area (Å²) in [4.78, 5) is 12.4. The third-order valence-electron chi connectivity index (χ3n) is 5.89. The smallest absolute Gasteiger partial charge is 0.311 e. The van der Waals surface area contributed by atoms with Crippen LogP contribution in [0.1, 0.15) is 69.6 Å². The zero-order valence-electron chi connectivity index (χ0n) is 19.0. The summed E-state index contributed by atoms with van der Waals surface area (Å²) in [6.45, 7) is 10.7. The van der Waals surface area contributed by atoms with Gasteiger partial charge in [0.2, 0.25) is 0 Å². The Hall–Kier alpha value is -2.61. The summed E-state index contributed by atoms with van der Waals surface area (Å²) in [5.74, 6) is -1.29. The normalized spacial score (nSPS) is 12.8. The summed E-state index contributed by atoms with van der Waals surface area (Å²) >= 11 is 0. The highest BCUT2D eigenvalue weighted by atomic mass is 16.4. The molecule has 0 amide bonds. The zero-order chi connectivity index (χ0) is 21.9. The van der Waals surface area contributed by atoms with Crippen LogP contribution in [0.2, 0.25) is 0 Å². The van der Waals surface area contributed by atoms with Crippen molar-refractivity contribution < 1.29 is 9.90 Å². The minimum absolute atomic E-state index is 0.0778. The van der Waals surface area contributed by atoms with Gasteiger partial charge in [0, 0.05) is 0 Å². The second kappa shape index (κ2) is 9.04. The summed E-state index contributed by atoms with van der Waals surface area (Å²) in [6.07, 6.45) is 3.98. The van der Waals surface area contributed by atoms with Crippen LogP contribution in [0.3, 0.4) is 0 Å². The Bertz CT molecular complexity index is 1040. The van der Waals surface area contributed by atoms with E-state index in [0.717, 1.165) is 46.7 Å². The quantitative estimate of drug-likeness (QED) is 0.438. The molecule has 3 rings (SSSR count). The first-order valence-corrected chi connectivity index (χ1v) is 11.1. The molecule has 2 heteroatoms. The number of hydrogen-bond donors (Lipinski definition) is 1. The van der Waals surface area contributed by atoms with E-state index in [1.54, 1.807) is 0 Å². The van der Waals surface area contributed by atoms with Crippen molar-refractivity contribution in [1.29, 1.82) is 0 Å². The molecule has 30 heavy (non-hydrogen) atoms. The van der Waals surface area contributed by atoms with Gasteiger partial charge in [0.05, 0.1) is 5.92 Å². The highest BCUT2D eigenvalue weighted by Gasteiger charge is 2.29. The van der Waals surface area contributed by atoms with Gasteiger partial charge in [-0.1, -0.05) is 88.7 Å². The number of unbranched alkanes of at least 4 members (excludes halogenated alkanes) is 1. The molecule has 3 aromatic rings. The molecule has 0 aliphatic heterocycles. The molecular weight excluding hydrogens is 368 g/mol. The van der Waals surface area contributed by atoms with Crippen molar-refractivity contribution in [2.24, 2.45) is 5.41 Å². The molecule has 1 atom stereocenters. The maximum absolute atomic E-state index is 12.4. The molecule has 0 saturated carbocycles. The van der Waals surface area contributed by atoms with Gasteiger partial charge in [-0.25, -0.2) is 0 Å². The molecule has 158 valence electrons. The van der Waals surface area contributed by atoms with Crippen LogP contribution < -0.4 is 0 Å². The second-order valence-electron chi connectivity index (χ2n) is 9.65. The molecule has 0 aromatic heterocycles. The maximum Gasteiger partial charge on any atom is 0.311 e. The van der Waals surface area contributed by atoms with Crippen LogP contribution >= 0.6 is 0 Å². The molecule has 0 aliphatic carbocycles. The first-order valence-electron chi connectivity index (χ1n) is 11.1. The van der Waals surface area contributed by atoms with Crippen LogP contribution in [0, 0.1) is 12.3 Å². The van der Waals surface area contributed by atoms with Crippen molar-refractivity contribution in [3.8, 4) is 11.1 Å². The predicted molar refractivity (Wildman–Crippen MR) is 127 cm³/mol. The van der Waals surface area contributed by atoms with Crippen molar-refractivity contribution in [2.45, 2.75) is 66.2 Å². The summed E-state index contributed by atoms with van der Waals surface area (Å²) in [5, 5.41) is 12.4. The third kappa shape index (κ3) is 4.92. The second-order valence-corrected chi connectivity index (χ2v) is 9.65. The number of rotatable bonds is 7. The van der Waals surface area contributed by atoms with Gasteiger partial charge >= 0.3 is 5.97 Å². The monoisotopic (exact) mass is 402 g/mol. The molecule has 0 aliphatic rings. The Morgan fingerprint density at radius 1 is 1.03 bits per heavy atom. The van der Waals surface area contributed by atoms with E-state index in [-0.39, 0.29) is 5.41 Å². The van der Waals surface area contributed by atoms with Crippen molar-refractivity contribution in [3.05, 3.63) is 71.3 Å². The summed E-state index contributed by atoms with van der Waals surface area (Å²) in [5.41, 5.74) is 5.70. The molecule has 0 saturated heterocycles. The first-order chi connectivity index (χ1) is 14.2. The Kier molecular flexibility index (Phi) is 6.65. The number of aryl methyl sites for hydroxylation is 2. The lowest BCUT2D eigenvalue weighted by Gasteiger charge is -2.26. The average Bonchev–Trinajstić information content (AvgIpc) is 2.70. The van der Waals surface area contributed by atoms with Crippen LogP contribution in [0.15, 0.2) is 54.6 Å². The third-order valence-corrected chi connectivity index (χ3v) is 5.89. The van der Waals surface area contributed by atoms with Crippen LogP contribution in [-0.2, 0) is 11.2 Å². The van der Waals surface area contributed by atoms with Gasteiger partial charge in [-0.2, -0.15) is 0 Å². The summed E-state index contributed by atoms with van der Waals surface area (Å²) in [7, 11) is 0. The zero-order valence-corrected chi connectivity index (χ0v) is 19.0. The maximum atomic E-state index is 12.4. The number of benzene rings is 3. The van der Waals surface area contributed by atoms with E-state index in [0.29, 0.717) is 6.42 Å². The number of hydrogen-bond acceptors (Lipinski definition) is 1. The Balaban J connectivity index is 2.26. The van der Waals surface area contributed by atoms with Crippen molar-refractivity contribution >= 4 is 16.7 Å². The lowest BCUT2D eigenvalue weighted by molar-refractivity contribution is -0.139. The van der Waals surface area contributed by atoms with Crippen molar-refractivity contribution in [1.82, 2.24) is 0 Å². The number of aliphatic carboxylic acids is 1. The molecule has 1 unspecified atom stereocenters. The Labute approximate surface area is 181 Å². The lowest BCUT2D eigenvalue weighted by Crippen LogP contribution is -2.20. The minimum Gasteiger partial charge on any atom is -0.481 e. The number of fused-ring (bicyclic) bond motifs is 1. The summed E-state index contributed by atoms with van der Waals surface area (Å²) in [6, 6.07) is 19.0. The van der Waals surface area contributed by atoms with E-state index < -0.39 is 11.9 Å². The molecule has 1 N–H and O–H groups in total. The molecular formula is C28H34O2. The van der Waals surface area contributed by atoms with Crippen molar-refractivity contribution in [3.63, 3.8) is 0 Å². The van der Waals surface area contributed by atoms with Crippen LogP contribution in [-0.4, -0.2) is 11.1 Å². The van der Waals surface area contributed by atoms with E-state index in [4.69, 9.17) is 0 Å². The fourth-order valence-electron chi connectivity index (χ4n) is 4.31. The van der Waals surface area contributed by atoms with Crippen LogP contribution in [0.5, 0.6) is 0 Å². The van der Waals surface area contributed by atoms with E-state index in [9.17, 15) is 9.90 Å². The fraction of sp³-hybridized carbons (Fsp3) is 0.393. The lowest BCUT2D eigenvalue weighted by atomic mass is 9.78. The van der Waals surface area contributed by atoms with E-state index in [2.05, 4.69) is 71.0 Å². The predicted octanol–water partition coefficient (Wildman–Crippen LogP) is 7.76. The van der Waals surface area contributed by atoms with Crippen molar-refractivity contribution in [2.75, 3.05) is 0 Å². The number of carboxylic acid groups (broad SMARTS) is 1. The van der Waals surface area contributed by atoms with E-state index in [1.807, 2.05) is 18.2 Å². The molecule has 0 fully saturated rings. The minimum atomic E-state index is -0.750. The highest BCUT2D eigenvalue weighted by molar-refractivity contribution is 6.00. The van der Waals surface area contributed by atoms with E-state index in [1.165, 1.54) is 11.1 Å². The van der Waals surface area contributed by atoms with Gasteiger partial charge < -0.3 is 5.11 Å². The van der Waals surface area contributed by atoms with Gasteiger partial charge in [0.15, 0.2) is 0 Å². The molecule has 0 radical (unpaired) electrons. The topological polar surface area (TPSA) is 37.3 Å².